The summed E-state index contributed by atoms with van der Waals surface area (Å²) in [5.41, 5.74) is 2.16. The number of aromatic amines is 1. The Labute approximate surface area is 132 Å². The average molecular weight is 302 g/mol. The number of anilines is 1. The van der Waals surface area contributed by atoms with Crippen molar-refractivity contribution in [1.29, 1.82) is 0 Å². The van der Waals surface area contributed by atoms with Crippen LogP contribution in [-0.4, -0.2) is 60.3 Å². The fourth-order valence-corrected chi connectivity index (χ4v) is 2.91. The first-order valence-electron chi connectivity index (χ1n) is 8.26. The van der Waals surface area contributed by atoms with E-state index in [9.17, 15) is 0 Å². The van der Waals surface area contributed by atoms with Crippen molar-refractivity contribution in [2.45, 2.75) is 26.4 Å². The lowest BCUT2D eigenvalue weighted by Gasteiger charge is -2.21. The fraction of sp³-hybridized carbons (Fsp3) is 0.588. The molecule has 1 N–H and O–H groups in total. The third-order valence-corrected chi connectivity index (χ3v) is 4.12. The highest BCUT2D eigenvalue weighted by molar-refractivity contribution is 5.77. The molecule has 0 unspecified atom stereocenters. The molecule has 0 aliphatic carbocycles. The van der Waals surface area contributed by atoms with Crippen LogP contribution >= 0.6 is 0 Å². The van der Waals surface area contributed by atoms with Crippen LogP contribution in [0.1, 0.15) is 20.3 Å². The monoisotopic (exact) mass is 302 g/mol. The molecule has 1 aromatic carbocycles. The van der Waals surface area contributed by atoms with Crippen LogP contribution in [0.5, 0.6) is 0 Å². The van der Waals surface area contributed by atoms with Crippen LogP contribution in [0.15, 0.2) is 24.3 Å². The Morgan fingerprint density at radius 2 is 2.05 bits per heavy atom. The molecule has 1 aliphatic heterocycles. The number of para-hydroxylation sites is 2. The van der Waals surface area contributed by atoms with E-state index in [1.165, 1.54) is 6.42 Å². The number of aromatic nitrogens is 2. The molecule has 0 bridgehead atoms. The molecule has 5 heteroatoms. The highest BCUT2D eigenvalue weighted by Crippen LogP contribution is 2.18. The van der Waals surface area contributed by atoms with Gasteiger partial charge in [-0.1, -0.05) is 12.1 Å². The molecular weight excluding hydrogens is 276 g/mol. The van der Waals surface area contributed by atoms with E-state index >= 15 is 0 Å². The van der Waals surface area contributed by atoms with E-state index in [0.29, 0.717) is 6.10 Å². The SMILES string of the molecule is CC(C)OCCN1CCCN(c2nc3ccccc3[nH]2)CC1. The summed E-state index contributed by atoms with van der Waals surface area (Å²) >= 11 is 0. The average Bonchev–Trinajstić information content (AvgIpc) is 2.79. The number of nitrogens with zero attached hydrogens (tertiary/aromatic N) is 3. The van der Waals surface area contributed by atoms with E-state index < -0.39 is 0 Å². The summed E-state index contributed by atoms with van der Waals surface area (Å²) in [6, 6.07) is 8.22. The van der Waals surface area contributed by atoms with Crippen molar-refractivity contribution in [2.24, 2.45) is 0 Å². The van der Waals surface area contributed by atoms with E-state index in [0.717, 1.165) is 56.3 Å². The summed E-state index contributed by atoms with van der Waals surface area (Å²) in [5, 5.41) is 0. The number of rotatable bonds is 5. The van der Waals surface area contributed by atoms with Gasteiger partial charge in [-0.05, 0) is 38.9 Å². The normalized spacial score (nSPS) is 17.3. The molecule has 1 saturated heterocycles. The number of imidazole rings is 1. The minimum absolute atomic E-state index is 0.319. The zero-order chi connectivity index (χ0) is 15.4. The van der Waals surface area contributed by atoms with E-state index in [4.69, 9.17) is 9.72 Å². The summed E-state index contributed by atoms with van der Waals surface area (Å²) in [4.78, 5) is 13.0. The Morgan fingerprint density at radius 1 is 1.18 bits per heavy atom. The minimum atomic E-state index is 0.319. The van der Waals surface area contributed by atoms with Crippen LogP contribution in [-0.2, 0) is 4.74 Å². The Balaban J connectivity index is 1.57. The van der Waals surface area contributed by atoms with Gasteiger partial charge in [-0.2, -0.15) is 0 Å². The summed E-state index contributed by atoms with van der Waals surface area (Å²) in [6.45, 7) is 10.3. The molecule has 0 radical (unpaired) electrons. The Bertz CT molecular complexity index is 562. The van der Waals surface area contributed by atoms with Gasteiger partial charge in [-0.15, -0.1) is 0 Å². The number of benzene rings is 1. The Morgan fingerprint density at radius 3 is 2.86 bits per heavy atom. The third-order valence-electron chi connectivity index (χ3n) is 4.12. The lowest BCUT2D eigenvalue weighted by atomic mass is 10.3. The third kappa shape index (κ3) is 3.78. The summed E-state index contributed by atoms with van der Waals surface area (Å²) in [7, 11) is 0. The van der Waals surface area contributed by atoms with Gasteiger partial charge in [-0.25, -0.2) is 4.98 Å². The van der Waals surface area contributed by atoms with Crippen LogP contribution < -0.4 is 4.90 Å². The van der Waals surface area contributed by atoms with Crippen LogP contribution in [0, 0.1) is 0 Å². The first kappa shape index (κ1) is 15.3. The van der Waals surface area contributed by atoms with Gasteiger partial charge >= 0.3 is 0 Å². The maximum absolute atomic E-state index is 5.66. The highest BCUT2D eigenvalue weighted by Gasteiger charge is 2.17. The standard InChI is InChI=1S/C17H26N4O/c1-14(2)22-13-12-20-8-5-9-21(11-10-20)17-18-15-6-3-4-7-16(15)19-17/h3-4,6-7,14H,5,8-13H2,1-2H3,(H,18,19). The van der Waals surface area contributed by atoms with Crippen molar-refractivity contribution in [1.82, 2.24) is 14.9 Å². The lowest BCUT2D eigenvalue weighted by Crippen LogP contribution is -2.33. The van der Waals surface area contributed by atoms with Gasteiger partial charge < -0.3 is 14.6 Å². The maximum Gasteiger partial charge on any atom is 0.203 e. The predicted octanol–water partition coefficient (Wildman–Crippen LogP) is 2.50. The number of nitrogens with one attached hydrogen (secondary N) is 1. The number of hydrogen-bond donors (Lipinski definition) is 1. The number of ether oxygens (including phenoxy) is 1. The second-order valence-electron chi connectivity index (χ2n) is 6.18. The van der Waals surface area contributed by atoms with Crippen molar-refractivity contribution < 1.29 is 4.74 Å². The second kappa shape index (κ2) is 7.11. The molecule has 0 atom stereocenters. The van der Waals surface area contributed by atoms with Crippen LogP contribution in [0.25, 0.3) is 11.0 Å². The van der Waals surface area contributed by atoms with Gasteiger partial charge in [0.05, 0.1) is 23.7 Å². The first-order chi connectivity index (χ1) is 10.7. The quantitative estimate of drug-likeness (QED) is 0.921. The van der Waals surface area contributed by atoms with Crippen LogP contribution in [0.2, 0.25) is 0 Å². The zero-order valence-electron chi connectivity index (χ0n) is 13.6. The number of hydrogen-bond acceptors (Lipinski definition) is 4. The Kier molecular flexibility index (Phi) is 4.95. The number of H-pyrrole nitrogens is 1. The molecular formula is C17H26N4O. The van der Waals surface area contributed by atoms with Crippen molar-refractivity contribution in [3.8, 4) is 0 Å². The molecule has 0 spiro atoms. The van der Waals surface area contributed by atoms with E-state index in [1.807, 2.05) is 12.1 Å². The van der Waals surface area contributed by atoms with Crippen molar-refractivity contribution >= 4 is 17.0 Å². The summed E-state index contributed by atoms with van der Waals surface area (Å²) < 4.78 is 5.66. The van der Waals surface area contributed by atoms with E-state index in [-0.39, 0.29) is 0 Å². The minimum Gasteiger partial charge on any atom is -0.377 e. The molecule has 0 saturated carbocycles. The molecule has 120 valence electrons. The number of fused-ring (bicyclic) bond motifs is 1. The van der Waals surface area contributed by atoms with Gasteiger partial charge in [0.1, 0.15) is 0 Å². The maximum atomic E-state index is 5.66. The van der Waals surface area contributed by atoms with Crippen molar-refractivity contribution in [3.63, 3.8) is 0 Å². The lowest BCUT2D eigenvalue weighted by molar-refractivity contribution is 0.0604. The molecule has 1 aromatic heterocycles. The topological polar surface area (TPSA) is 44.4 Å². The van der Waals surface area contributed by atoms with Crippen molar-refractivity contribution in [3.05, 3.63) is 24.3 Å². The van der Waals surface area contributed by atoms with Crippen LogP contribution in [0.3, 0.4) is 0 Å². The zero-order valence-corrected chi connectivity index (χ0v) is 13.6. The molecule has 22 heavy (non-hydrogen) atoms. The molecule has 1 aliphatic rings. The fourth-order valence-electron chi connectivity index (χ4n) is 2.91. The molecule has 1 fully saturated rings. The van der Waals surface area contributed by atoms with Gasteiger partial charge in [0.15, 0.2) is 0 Å². The molecule has 0 amide bonds. The van der Waals surface area contributed by atoms with E-state index in [2.05, 4.69) is 40.8 Å². The van der Waals surface area contributed by atoms with Crippen molar-refractivity contribution in [2.75, 3.05) is 44.2 Å². The van der Waals surface area contributed by atoms with Gasteiger partial charge in [0.2, 0.25) is 5.95 Å². The Hall–Kier alpha value is -1.59. The summed E-state index contributed by atoms with van der Waals surface area (Å²) in [5.74, 6) is 1.00. The highest BCUT2D eigenvalue weighted by atomic mass is 16.5. The molecule has 3 rings (SSSR count). The summed E-state index contributed by atoms with van der Waals surface area (Å²) in [6.07, 6.45) is 1.48. The molecule has 2 heterocycles. The molecule has 2 aromatic rings. The predicted molar refractivity (Wildman–Crippen MR) is 90.5 cm³/mol. The van der Waals surface area contributed by atoms with Gasteiger partial charge in [-0.3, -0.25) is 4.90 Å². The largest absolute Gasteiger partial charge is 0.377 e. The van der Waals surface area contributed by atoms with Crippen LogP contribution in [0.4, 0.5) is 5.95 Å². The van der Waals surface area contributed by atoms with Gasteiger partial charge in [0.25, 0.3) is 0 Å². The molecule has 5 nitrogen and oxygen atoms in total. The second-order valence-corrected chi connectivity index (χ2v) is 6.18. The van der Waals surface area contributed by atoms with Gasteiger partial charge in [0, 0.05) is 26.2 Å². The first-order valence-corrected chi connectivity index (χ1v) is 8.26. The van der Waals surface area contributed by atoms with E-state index in [1.54, 1.807) is 0 Å². The smallest absolute Gasteiger partial charge is 0.203 e.